The highest BCUT2D eigenvalue weighted by atomic mass is 16.5. The number of phenolic OH excluding ortho intramolecular Hbond substituents is 1. The van der Waals surface area contributed by atoms with Crippen LogP contribution in [-0.2, 0) is 12.8 Å². The number of aromatic hydroxyl groups is 1. The Morgan fingerprint density at radius 3 is 2.64 bits per heavy atom. The van der Waals surface area contributed by atoms with E-state index in [2.05, 4.69) is 19.2 Å². The Balaban J connectivity index is 1.72. The second-order valence-corrected chi connectivity index (χ2v) is 9.90. The fourth-order valence-electron chi connectivity index (χ4n) is 3.91. The second-order valence-electron chi connectivity index (χ2n) is 9.90. The summed E-state index contributed by atoms with van der Waals surface area (Å²) in [5, 5.41) is 14.3. The van der Waals surface area contributed by atoms with Gasteiger partial charge in [-0.25, -0.2) is 4.79 Å². The molecular weight excluding hydrogens is 454 g/mol. The number of allylic oxidation sites excluding steroid dienone is 2. The van der Waals surface area contributed by atoms with Crippen molar-refractivity contribution in [1.29, 1.82) is 0 Å². The third-order valence-corrected chi connectivity index (χ3v) is 5.96. The van der Waals surface area contributed by atoms with E-state index in [1.807, 2.05) is 39.0 Å². The maximum absolute atomic E-state index is 13.0. The van der Waals surface area contributed by atoms with Crippen LogP contribution in [0.4, 0.5) is 0 Å². The van der Waals surface area contributed by atoms with Crippen molar-refractivity contribution >= 4 is 16.8 Å². The van der Waals surface area contributed by atoms with Gasteiger partial charge in [-0.1, -0.05) is 25.5 Å². The first kappa shape index (κ1) is 27.2. The second kappa shape index (κ2) is 12.5. The van der Waals surface area contributed by atoms with Crippen molar-refractivity contribution in [3.05, 3.63) is 80.7 Å². The molecule has 0 aliphatic heterocycles. The van der Waals surface area contributed by atoms with Gasteiger partial charge in [0.2, 0.25) is 0 Å². The number of hydrogen-bond acceptors (Lipinski definition) is 6. The van der Waals surface area contributed by atoms with Gasteiger partial charge in [-0.2, -0.15) is 0 Å². The van der Waals surface area contributed by atoms with Crippen LogP contribution in [0.3, 0.4) is 0 Å². The van der Waals surface area contributed by atoms with E-state index in [-0.39, 0.29) is 18.0 Å². The number of fused-ring (bicyclic) bond motifs is 1. The summed E-state index contributed by atoms with van der Waals surface area (Å²) in [6, 6.07) is 10.2. The van der Waals surface area contributed by atoms with E-state index < -0.39 is 5.63 Å². The zero-order chi connectivity index (χ0) is 26.2. The van der Waals surface area contributed by atoms with Crippen LogP contribution in [0, 0.1) is 12.8 Å². The number of phenols is 1. The lowest BCUT2D eigenvalue weighted by atomic mass is 9.99. The van der Waals surface area contributed by atoms with Crippen LogP contribution in [0.2, 0.25) is 0 Å². The van der Waals surface area contributed by atoms with Crippen molar-refractivity contribution in [2.45, 2.75) is 53.9 Å². The summed E-state index contributed by atoms with van der Waals surface area (Å²) in [5.41, 5.74) is 3.26. The fourth-order valence-corrected chi connectivity index (χ4v) is 3.91. The van der Waals surface area contributed by atoms with Gasteiger partial charge in [0, 0.05) is 28.5 Å². The van der Waals surface area contributed by atoms with Gasteiger partial charge in [-0.3, -0.25) is 4.79 Å². The third kappa shape index (κ3) is 7.31. The van der Waals surface area contributed by atoms with E-state index in [0.717, 1.165) is 36.0 Å². The monoisotopic (exact) mass is 491 g/mol. The van der Waals surface area contributed by atoms with Gasteiger partial charge in [0.25, 0.3) is 0 Å². The number of rotatable bonds is 12. The van der Waals surface area contributed by atoms with Crippen molar-refractivity contribution < 1.29 is 19.1 Å². The topological polar surface area (TPSA) is 88.8 Å². The zero-order valence-corrected chi connectivity index (χ0v) is 21.9. The molecular formula is C30H37NO5. The highest BCUT2D eigenvalue weighted by Crippen LogP contribution is 2.27. The van der Waals surface area contributed by atoms with E-state index in [1.165, 1.54) is 6.07 Å². The molecule has 0 amide bonds. The Morgan fingerprint density at radius 2 is 1.92 bits per heavy atom. The lowest BCUT2D eigenvalue weighted by molar-refractivity contribution is 0.0992. The molecule has 6 nitrogen and oxygen atoms in total. The summed E-state index contributed by atoms with van der Waals surface area (Å²) in [6.45, 7) is 12.6. The van der Waals surface area contributed by atoms with Crippen LogP contribution in [0.15, 0.2) is 57.3 Å². The van der Waals surface area contributed by atoms with Gasteiger partial charge in [-0.05, 0) is 94.6 Å². The molecule has 1 heterocycles. The standard InChI is InChI=1S/C30H37NO5/c1-19(2)7-8-22-15-23(9-11-26(22)32)27(33)17-25-16-24-10-12-28(21(5)29(24)36-30(25)34)35-14-6-13-31-18-20(3)4/h7,9-12,15-16,20,31-32H,6,8,13-14,17-18H2,1-5H3. The summed E-state index contributed by atoms with van der Waals surface area (Å²) >= 11 is 0. The van der Waals surface area contributed by atoms with Crippen LogP contribution >= 0.6 is 0 Å². The first-order valence-electron chi connectivity index (χ1n) is 12.5. The van der Waals surface area contributed by atoms with Crippen molar-refractivity contribution in [2.24, 2.45) is 5.92 Å². The molecule has 0 radical (unpaired) electrons. The molecule has 0 spiro atoms. The summed E-state index contributed by atoms with van der Waals surface area (Å²) in [5.74, 6) is 1.24. The number of hydrogen-bond donors (Lipinski definition) is 2. The van der Waals surface area contributed by atoms with Crippen LogP contribution in [-0.4, -0.2) is 30.6 Å². The molecule has 0 unspecified atom stereocenters. The Morgan fingerprint density at radius 1 is 1.14 bits per heavy atom. The van der Waals surface area contributed by atoms with E-state index in [4.69, 9.17) is 9.15 Å². The smallest absolute Gasteiger partial charge is 0.339 e. The molecule has 2 N–H and O–H groups in total. The Labute approximate surface area is 213 Å². The molecule has 0 bridgehead atoms. The minimum atomic E-state index is -0.530. The molecule has 1 aromatic heterocycles. The predicted octanol–water partition coefficient (Wildman–Crippen LogP) is 5.76. The maximum atomic E-state index is 13.0. The maximum Gasteiger partial charge on any atom is 0.339 e. The van der Waals surface area contributed by atoms with Gasteiger partial charge >= 0.3 is 5.63 Å². The minimum Gasteiger partial charge on any atom is -0.508 e. The first-order chi connectivity index (χ1) is 17.2. The van der Waals surface area contributed by atoms with Gasteiger partial charge in [0.15, 0.2) is 5.78 Å². The molecule has 0 atom stereocenters. The SMILES string of the molecule is CC(C)=CCc1cc(C(=O)Cc2cc3ccc(OCCCNCC(C)C)c(C)c3oc2=O)ccc1O. The number of ether oxygens (including phenoxy) is 1. The van der Waals surface area contributed by atoms with Crippen LogP contribution in [0.5, 0.6) is 11.5 Å². The summed E-state index contributed by atoms with van der Waals surface area (Å²) < 4.78 is 11.6. The molecule has 0 aliphatic carbocycles. The van der Waals surface area contributed by atoms with Gasteiger partial charge in [-0.15, -0.1) is 0 Å². The Bertz CT molecular complexity index is 1300. The average molecular weight is 492 g/mol. The van der Waals surface area contributed by atoms with Crippen molar-refractivity contribution in [3.8, 4) is 11.5 Å². The molecule has 2 aromatic carbocycles. The van der Waals surface area contributed by atoms with Crippen molar-refractivity contribution in [1.82, 2.24) is 5.32 Å². The lowest BCUT2D eigenvalue weighted by Gasteiger charge is -2.12. The largest absolute Gasteiger partial charge is 0.508 e. The number of carbonyl (C=O) groups is 1. The van der Waals surface area contributed by atoms with Gasteiger partial charge in [0.1, 0.15) is 17.1 Å². The zero-order valence-electron chi connectivity index (χ0n) is 21.9. The molecule has 0 saturated carbocycles. The number of aryl methyl sites for hydroxylation is 1. The minimum absolute atomic E-state index is 0.0776. The van der Waals surface area contributed by atoms with Crippen LogP contribution < -0.4 is 15.7 Å². The molecule has 36 heavy (non-hydrogen) atoms. The van der Waals surface area contributed by atoms with E-state index in [1.54, 1.807) is 18.2 Å². The highest BCUT2D eigenvalue weighted by Gasteiger charge is 2.16. The fraction of sp³-hybridized carbons (Fsp3) is 0.400. The molecule has 0 saturated heterocycles. The lowest BCUT2D eigenvalue weighted by Crippen LogP contribution is -2.22. The molecule has 3 aromatic rings. The number of ketones is 1. The number of carbonyl (C=O) groups excluding carboxylic acids is 1. The van der Waals surface area contributed by atoms with E-state index in [9.17, 15) is 14.7 Å². The van der Waals surface area contributed by atoms with Gasteiger partial charge < -0.3 is 19.6 Å². The van der Waals surface area contributed by atoms with E-state index in [0.29, 0.717) is 47.0 Å². The third-order valence-electron chi connectivity index (χ3n) is 5.96. The van der Waals surface area contributed by atoms with Crippen LogP contribution in [0.25, 0.3) is 11.0 Å². The number of Topliss-reactive ketones (excluding diaryl/α,β-unsaturated/α-hetero) is 1. The molecule has 0 aliphatic rings. The Kier molecular flexibility index (Phi) is 9.48. The van der Waals surface area contributed by atoms with Crippen molar-refractivity contribution in [2.75, 3.05) is 19.7 Å². The highest BCUT2D eigenvalue weighted by molar-refractivity contribution is 5.98. The molecule has 3 rings (SSSR count). The number of nitrogens with one attached hydrogen (secondary N) is 1. The normalized spacial score (nSPS) is 11.2. The average Bonchev–Trinajstić information content (AvgIpc) is 2.82. The number of benzene rings is 2. The Hall–Kier alpha value is -3.38. The van der Waals surface area contributed by atoms with E-state index >= 15 is 0 Å². The summed E-state index contributed by atoms with van der Waals surface area (Å²) in [7, 11) is 0. The summed E-state index contributed by atoms with van der Waals surface area (Å²) in [6.07, 6.45) is 3.32. The molecule has 6 heteroatoms. The first-order valence-corrected chi connectivity index (χ1v) is 12.5. The molecule has 0 fully saturated rings. The summed E-state index contributed by atoms with van der Waals surface area (Å²) in [4.78, 5) is 25.7. The van der Waals surface area contributed by atoms with Crippen LogP contribution in [0.1, 0.15) is 61.2 Å². The molecule has 192 valence electrons. The predicted molar refractivity (Wildman–Crippen MR) is 144 cm³/mol. The van der Waals surface area contributed by atoms with Crippen molar-refractivity contribution in [3.63, 3.8) is 0 Å². The van der Waals surface area contributed by atoms with Gasteiger partial charge in [0.05, 0.1) is 6.61 Å². The quantitative estimate of drug-likeness (QED) is 0.145.